The van der Waals surface area contributed by atoms with Crippen LogP contribution in [0.15, 0.2) is 42.0 Å². The number of halogens is 6. The number of phenolic OH excluding ortho intramolecular Hbond substituents is 1. The smallest absolute Gasteiger partial charge is 0.419 e. The van der Waals surface area contributed by atoms with Gasteiger partial charge in [0, 0.05) is 37.7 Å². The van der Waals surface area contributed by atoms with E-state index in [4.69, 9.17) is 14.6 Å². The van der Waals surface area contributed by atoms with E-state index in [1.807, 2.05) is 11.0 Å². The maximum atomic E-state index is 12.9. The van der Waals surface area contributed by atoms with Crippen LogP contribution >= 0.6 is 0 Å². The Morgan fingerprint density at radius 3 is 2.38 bits per heavy atom. The minimum absolute atomic E-state index is 0.0943. The Morgan fingerprint density at radius 2 is 1.78 bits per heavy atom. The average Bonchev–Trinajstić information content (AvgIpc) is 2.79. The van der Waals surface area contributed by atoms with Crippen molar-refractivity contribution in [3.8, 4) is 17.2 Å². The molecule has 0 aliphatic carbocycles. The van der Waals surface area contributed by atoms with Gasteiger partial charge in [-0.05, 0) is 41.5 Å². The van der Waals surface area contributed by atoms with Crippen molar-refractivity contribution in [1.82, 2.24) is 4.90 Å². The number of aromatic hydroxyl groups is 1. The third-order valence-corrected chi connectivity index (χ3v) is 5.66. The van der Waals surface area contributed by atoms with E-state index >= 15 is 0 Å². The number of fused-ring (bicyclic) bond motifs is 1. The Bertz CT molecular complexity index is 1140. The fourth-order valence-electron chi connectivity index (χ4n) is 3.58. The Morgan fingerprint density at radius 1 is 1.11 bits per heavy atom. The fourth-order valence-corrected chi connectivity index (χ4v) is 3.58. The Balaban J connectivity index is 0.000000568. The summed E-state index contributed by atoms with van der Waals surface area (Å²) in [5, 5.41) is 18.4. The highest BCUT2D eigenvalue weighted by Crippen LogP contribution is 2.36. The highest BCUT2D eigenvalue weighted by Gasteiger charge is 2.34. The van der Waals surface area contributed by atoms with E-state index in [9.17, 15) is 36.2 Å². The summed E-state index contributed by atoms with van der Waals surface area (Å²) in [4.78, 5) is 12.9. The molecule has 2 aliphatic heterocycles. The van der Waals surface area contributed by atoms with Gasteiger partial charge in [0.25, 0.3) is 0 Å². The monoisotopic (exact) mass is 533 g/mol. The minimum atomic E-state index is -4.64. The van der Waals surface area contributed by atoms with E-state index < -0.39 is 36.1 Å². The number of aliphatic carboxylic acids is 1. The molecule has 6 nitrogen and oxygen atoms in total. The van der Waals surface area contributed by atoms with Crippen LogP contribution < -0.4 is 9.47 Å². The minimum Gasteiger partial charge on any atom is -0.507 e. The highest BCUT2D eigenvalue weighted by molar-refractivity contribution is 5.71. The van der Waals surface area contributed by atoms with Crippen molar-refractivity contribution in [2.45, 2.75) is 32.3 Å². The molecule has 0 unspecified atom stereocenters. The number of carboxylic acids is 1. The first-order valence-corrected chi connectivity index (χ1v) is 11.2. The second-order valence-corrected chi connectivity index (χ2v) is 8.63. The molecule has 1 saturated heterocycles. The topological polar surface area (TPSA) is 79.2 Å². The summed E-state index contributed by atoms with van der Waals surface area (Å²) in [5.41, 5.74) is 1.07. The Hall–Kier alpha value is -3.41. The van der Waals surface area contributed by atoms with Crippen molar-refractivity contribution in [1.29, 1.82) is 0 Å². The van der Waals surface area contributed by atoms with Gasteiger partial charge in [-0.25, -0.2) is 0 Å². The summed E-state index contributed by atoms with van der Waals surface area (Å²) in [6.07, 6.45) is -7.34. The molecular weight excluding hydrogens is 508 g/mol. The van der Waals surface area contributed by atoms with Gasteiger partial charge >= 0.3 is 18.3 Å². The van der Waals surface area contributed by atoms with Crippen LogP contribution in [0.3, 0.4) is 0 Å². The van der Waals surface area contributed by atoms with Crippen molar-refractivity contribution < 1.29 is 50.8 Å². The Kier molecular flexibility index (Phi) is 8.62. The van der Waals surface area contributed by atoms with E-state index in [1.165, 1.54) is 6.07 Å². The molecule has 0 spiro atoms. The van der Waals surface area contributed by atoms with Crippen molar-refractivity contribution in [2.75, 3.05) is 26.2 Å². The van der Waals surface area contributed by atoms with Gasteiger partial charge in [-0.15, -0.1) is 0 Å². The molecule has 2 heterocycles. The molecule has 0 bridgehead atoms. The van der Waals surface area contributed by atoms with E-state index in [2.05, 4.69) is 0 Å². The van der Waals surface area contributed by atoms with Crippen LogP contribution in [-0.2, 0) is 17.6 Å². The standard InChI is InChI=1S/C22H20F3NO5.C3H5F3/c23-22(24,25)18-6-13(1-4-19(18)27)11-30-17-3-2-15-5-14(12-31-20(15)7-17)8-26-9-16(10-26)21(28)29;1-2-3(4,5)6/h1-7,16,27H,8-12H2,(H,28,29);2H2,1H3. The normalized spacial score (nSPS) is 15.9. The zero-order valence-corrected chi connectivity index (χ0v) is 19.7. The number of alkyl halides is 6. The second-order valence-electron chi connectivity index (χ2n) is 8.63. The lowest BCUT2D eigenvalue weighted by Gasteiger charge is -2.37. The predicted octanol–water partition coefficient (Wildman–Crippen LogP) is 5.74. The summed E-state index contributed by atoms with van der Waals surface area (Å²) in [6.45, 7) is 3.06. The molecule has 2 aromatic carbocycles. The predicted molar refractivity (Wildman–Crippen MR) is 121 cm³/mol. The third-order valence-electron chi connectivity index (χ3n) is 5.66. The van der Waals surface area contributed by atoms with Crippen molar-refractivity contribution in [2.24, 2.45) is 5.92 Å². The molecule has 2 aromatic rings. The van der Waals surface area contributed by atoms with E-state index in [-0.39, 0.29) is 18.1 Å². The zero-order chi connectivity index (χ0) is 27.4. The van der Waals surface area contributed by atoms with E-state index in [1.54, 1.807) is 18.2 Å². The number of hydrogen-bond acceptors (Lipinski definition) is 5. The molecule has 2 aliphatic rings. The first-order chi connectivity index (χ1) is 17.2. The lowest BCUT2D eigenvalue weighted by molar-refractivity contribution is -0.147. The SMILES string of the molecule is CCC(F)(F)F.O=C(O)C1CN(CC2=Cc3ccc(OCc4ccc(O)c(C(F)(F)F)c4)cc3OC2)C1. The van der Waals surface area contributed by atoms with Crippen molar-refractivity contribution in [3.05, 3.63) is 58.7 Å². The number of nitrogens with zero attached hydrogens (tertiary/aromatic N) is 1. The number of carbonyl (C=O) groups is 1. The van der Waals surface area contributed by atoms with Gasteiger partial charge in [0.1, 0.15) is 30.5 Å². The maximum Gasteiger partial charge on any atom is 0.419 e. The van der Waals surface area contributed by atoms with Crippen molar-refractivity contribution >= 4 is 12.0 Å². The third kappa shape index (κ3) is 8.04. The number of hydrogen-bond donors (Lipinski definition) is 2. The van der Waals surface area contributed by atoms with Crippen LogP contribution in [0.2, 0.25) is 0 Å². The molecule has 0 amide bonds. The molecule has 1 fully saturated rings. The first-order valence-electron chi connectivity index (χ1n) is 11.2. The van der Waals surface area contributed by atoms with Gasteiger partial charge in [-0.1, -0.05) is 13.0 Å². The summed E-state index contributed by atoms with van der Waals surface area (Å²) < 4.78 is 82.5. The molecule has 4 rings (SSSR count). The van der Waals surface area contributed by atoms with Gasteiger partial charge in [0.2, 0.25) is 0 Å². The molecular formula is C25H25F6NO5. The van der Waals surface area contributed by atoms with Crippen LogP contribution in [0, 0.1) is 5.92 Å². The van der Waals surface area contributed by atoms with E-state index in [0.717, 1.165) is 30.2 Å². The van der Waals surface area contributed by atoms with Crippen LogP contribution in [0.1, 0.15) is 30.0 Å². The number of likely N-dealkylation sites (tertiary alicyclic amines) is 1. The number of phenols is 1. The number of carboxylic acid groups (broad SMARTS) is 1. The molecule has 0 saturated carbocycles. The average molecular weight is 533 g/mol. The van der Waals surface area contributed by atoms with Crippen molar-refractivity contribution in [3.63, 3.8) is 0 Å². The largest absolute Gasteiger partial charge is 0.507 e. The lowest BCUT2D eigenvalue weighted by atomic mass is 9.98. The Labute approximate surface area is 208 Å². The second kappa shape index (κ2) is 11.3. The molecule has 0 atom stereocenters. The highest BCUT2D eigenvalue weighted by atomic mass is 19.4. The van der Waals surface area contributed by atoms with Crippen LogP contribution in [0.4, 0.5) is 26.3 Å². The molecule has 37 heavy (non-hydrogen) atoms. The maximum absolute atomic E-state index is 12.9. The van der Waals surface area contributed by atoms with Crippen LogP contribution in [0.5, 0.6) is 17.2 Å². The zero-order valence-electron chi connectivity index (χ0n) is 19.7. The molecule has 12 heteroatoms. The van der Waals surface area contributed by atoms with Crippen LogP contribution in [-0.4, -0.2) is 53.5 Å². The van der Waals surface area contributed by atoms with Gasteiger partial charge in [0.05, 0.1) is 11.5 Å². The number of rotatable bonds is 6. The summed E-state index contributed by atoms with van der Waals surface area (Å²) in [5.74, 6) is -0.847. The quantitative estimate of drug-likeness (QED) is 0.461. The van der Waals surface area contributed by atoms with Crippen LogP contribution in [0.25, 0.3) is 6.08 Å². The van der Waals surface area contributed by atoms with Gasteiger partial charge in [-0.3, -0.25) is 9.69 Å². The lowest BCUT2D eigenvalue weighted by Crippen LogP contribution is -2.51. The molecule has 2 N–H and O–H groups in total. The fraction of sp³-hybridized carbons (Fsp3) is 0.400. The molecule has 202 valence electrons. The summed E-state index contributed by atoms with van der Waals surface area (Å²) in [7, 11) is 0. The van der Waals surface area contributed by atoms with Gasteiger partial charge in [0.15, 0.2) is 0 Å². The molecule has 0 radical (unpaired) electrons. The number of ether oxygens (including phenoxy) is 2. The van der Waals surface area contributed by atoms with E-state index in [0.29, 0.717) is 37.7 Å². The van der Waals surface area contributed by atoms with Gasteiger partial charge < -0.3 is 19.7 Å². The first kappa shape index (κ1) is 28.2. The molecule has 0 aromatic heterocycles. The summed E-state index contributed by atoms with van der Waals surface area (Å²) in [6, 6.07) is 8.43. The van der Waals surface area contributed by atoms with Gasteiger partial charge in [-0.2, -0.15) is 26.3 Å². The number of benzene rings is 2. The summed E-state index contributed by atoms with van der Waals surface area (Å²) >= 11 is 0.